The highest BCUT2D eigenvalue weighted by atomic mass is 31.2. The number of hydrogen-bond donors (Lipinski definition) is 11. The minimum atomic E-state index is -5.49. The fourth-order valence-electron chi connectivity index (χ4n) is 6.88. The predicted molar refractivity (Wildman–Crippen MR) is 205 cm³/mol. The van der Waals surface area contributed by atoms with E-state index in [1.165, 1.54) is 13.0 Å². The number of aliphatic hydroxyl groups is 3. The highest BCUT2D eigenvalue weighted by Gasteiger charge is 2.51. The van der Waals surface area contributed by atoms with E-state index in [1.807, 2.05) is 4.98 Å². The van der Waals surface area contributed by atoms with E-state index in [4.69, 9.17) is 43.8 Å². The summed E-state index contributed by atoms with van der Waals surface area (Å²) in [7, 11) is -16.0. The smallest absolute Gasteiger partial charge is 0.387 e. The van der Waals surface area contributed by atoms with Crippen LogP contribution < -0.4 is 34.0 Å². The van der Waals surface area contributed by atoms with Gasteiger partial charge in [0.15, 0.2) is 23.6 Å². The first-order valence-corrected chi connectivity index (χ1v) is 22.8. The van der Waals surface area contributed by atoms with Gasteiger partial charge in [-0.15, -0.1) is 0 Å². The molecule has 0 aromatic carbocycles. The molecule has 3 fully saturated rings. The van der Waals surface area contributed by atoms with Crippen molar-refractivity contribution in [2.45, 2.75) is 80.9 Å². The topological polar surface area (TPSA) is 472 Å². The van der Waals surface area contributed by atoms with E-state index >= 15 is 0 Å². The molecule has 35 heteroatoms. The largest absolute Gasteiger partial charge is 0.472 e. The second kappa shape index (κ2) is 18.1. The van der Waals surface area contributed by atoms with Crippen LogP contribution in [0.2, 0.25) is 0 Å². The van der Waals surface area contributed by atoms with Gasteiger partial charge in [0.05, 0.1) is 26.1 Å². The molecule has 0 amide bonds. The average molecular weight is 973 g/mol. The van der Waals surface area contributed by atoms with Gasteiger partial charge in [-0.2, -0.15) is 9.97 Å². The van der Waals surface area contributed by atoms with Crippen LogP contribution in [0.4, 0.5) is 11.8 Å². The van der Waals surface area contributed by atoms with Crippen molar-refractivity contribution in [3.05, 3.63) is 72.0 Å². The van der Waals surface area contributed by atoms with Gasteiger partial charge in [-0.1, -0.05) is 0 Å². The lowest BCUT2D eigenvalue weighted by molar-refractivity contribution is -0.0636. The summed E-state index contributed by atoms with van der Waals surface area (Å²) < 4.78 is 83.3. The van der Waals surface area contributed by atoms with E-state index < -0.39 is 140 Å². The number of aromatic nitrogens is 8. The Kier molecular flexibility index (Phi) is 13.5. The number of ether oxygens (including phenoxy) is 3. The molecule has 3 aliphatic heterocycles. The molecule has 13 N–H and O–H groups in total. The fraction of sp³-hybridized carbons (Fsp3) is 0.552. The summed E-state index contributed by atoms with van der Waals surface area (Å²) in [6.45, 7) is -1.72. The van der Waals surface area contributed by atoms with Crippen molar-refractivity contribution in [1.82, 2.24) is 38.6 Å². The maximum Gasteiger partial charge on any atom is 0.472 e. The number of aliphatic hydroxyl groups excluding tert-OH is 3. The van der Waals surface area contributed by atoms with Crippen molar-refractivity contribution in [1.29, 1.82) is 0 Å². The number of imidazole rings is 1. The molecule has 2 unspecified atom stereocenters. The normalized spacial score (nSPS) is 30.5. The maximum absolute atomic E-state index is 13.5. The summed E-state index contributed by atoms with van der Waals surface area (Å²) in [5.74, 6) is -0.524. The molecule has 64 heavy (non-hydrogen) atoms. The molecule has 3 saturated heterocycles. The van der Waals surface area contributed by atoms with Gasteiger partial charge < -0.3 is 60.6 Å². The Hall–Kier alpha value is -4.40. The first-order valence-electron chi connectivity index (χ1n) is 18.3. The molecule has 4 aromatic rings. The van der Waals surface area contributed by atoms with Crippen LogP contribution in [-0.4, -0.2) is 142 Å². The number of phosphoric ester groups is 3. The summed E-state index contributed by atoms with van der Waals surface area (Å²) in [5.41, 5.74) is 7.14. The number of rotatable bonds is 16. The Morgan fingerprint density at radius 3 is 2.11 bits per heavy atom. The second-order valence-electron chi connectivity index (χ2n) is 14.3. The third-order valence-corrected chi connectivity index (χ3v) is 12.4. The summed E-state index contributed by atoms with van der Waals surface area (Å²) in [5, 5.41) is 32.4. The van der Waals surface area contributed by atoms with Crippen LogP contribution in [0.25, 0.3) is 11.2 Å². The third-order valence-electron chi connectivity index (χ3n) is 9.87. The second-order valence-corrected chi connectivity index (χ2v) is 18.3. The van der Waals surface area contributed by atoms with Crippen LogP contribution in [0.3, 0.4) is 0 Å². The number of aromatic amines is 2. The van der Waals surface area contributed by atoms with Crippen LogP contribution in [0.15, 0.2) is 44.0 Å². The van der Waals surface area contributed by atoms with Crippen LogP contribution in [0.5, 0.6) is 0 Å². The monoisotopic (exact) mass is 972 g/mol. The van der Waals surface area contributed by atoms with Crippen molar-refractivity contribution in [3.8, 4) is 0 Å². The first-order chi connectivity index (χ1) is 29.9. The zero-order chi connectivity index (χ0) is 46.6. The molecule has 352 valence electrons. The molecule has 7 rings (SSSR count). The van der Waals surface area contributed by atoms with Crippen molar-refractivity contribution in [2.24, 2.45) is 0 Å². The number of nitrogens with two attached hydrogens (primary N) is 2. The van der Waals surface area contributed by atoms with Crippen LogP contribution in [0, 0.1) is 6.92 Å². The molecule has 0 spiro atoms. The summed E-state index contributed by atoms with van der Waals surface area (Å²) in [4.78, 5) is 105. The van der Waals surface area contributed by atoms with E-state index in [0.29, 0.717) is 0 Å². The van der Waals surface area contributed by atoms with Gasteiger partial charge in [0.1, 0.15) is 60.9 Å². The van der Waals surface area contributed by atoms with Gasteiger partial charge in [0.2, 0.25) is 5.95 Å². The van der Waals surface area contributed by atoms with Gasteiger partial charge in [-0.3, -0.25) is 55.9 Å². The van der Waals surface area contributed by atoms with Crippen molar-refractivity contribution in [3.63, 3.8) is 0 Å². The van der Waals surface area contributed by atoms with Crippen molar-refractivity contribution in [2.75, 3.05) is 31.3 Å². The predicted octanol–water partition coefficient (Wildman–Crippen LogP) is -4.32. The summed E-state index contributed by atoms with van der Waals surface area (Å²) in [6, 6.07) is 1.21. The van der Waals surface area contributed by atoms with E-state index in [-0.39, 0.29) is 28.5 Å². The first kappa shape index (κ1) is 47.6. The molecule has 13 atom stereocenters. The zero-order valence-electron chi connectivity index (χ0n) is 32.4. The Morgan fingerprint density at radius 2 is 1.42 bits per heavy atom. The molecule has 7 heterocycles. The molecule has 0 aliphatic carbocycles. The molecule has 0 radical (unpaired) electrons. The van der Waals surface area contributed by atoms with E-state index in [1.54, 1.807) is 0 Å². The summed E-state index contributed by atoms with van der Waals surface area (Å²) >= 11 is 0. The lowest BCUT2D eigenvalue weighted by atomic mass is 10.1. The highest BCUT2D eigenvalue weighted by Crippen LogP contribution is 2.52. The minimum Gasteiger partial charge on any atom is -0.387 e. The lowest BCUT2D eigenvalue weighted by Gasteiger charge is -2.25. The number of nitrogens with one attached hydrogen (secondary N) is 2. The zero-order valence-corrected chi connectivity index (χ0v) is 35.1. The van der Waals surface area contributed by atoms with Crippen LogP contribution in [-0.2, 0) is 50.5 Å². The quantitative estimate of drug-likeness (QED) is 0.0473. The number of phosphoric acid groups is 3. The van der Waals surface area contributed by atoms with E-state index in [9.17, 15) is 67.8 Å². The molecule has 0 saturated carbocycles. The highest BCUT2D eigenvalue weighted by molar-refractivity contribution is 7.47. The van der Waals surface area contributed by atoms with Crippen LogP contribution >= 0.6 is 23.5 Å². The fourth-order valence-corrected chi connectivity index (χ4v) is 9.15. The van der Waals surface area contributed by atoms with Crippen molar-refractivity contribution < 1.29 is 85.4 Å². The molecular weight excluding hydrogens is 933 g/mol. The minimum absolute atomic E-state index is 0.0279. The van der Waals surface area contributed by atoms with E-state index in [2.05, 4.69) is 24.5 Å². The average Bonchev–Trinajstić information content (AvgIpc) is 3.94. The number of nitrogen functional groups attached to an aromatic ring is 2. The number of anilines is 2. The molecule has 32 nitrogen and oxygen atoms in total. The van der Waals surface area contributed by atoms with Gasteiger partial charge in [0, 0.05) is 24.4 Å². The molecule has 3 aliphatic rings. The van der Waals surface area contributed by atoms with Gasteiger partial charge in [-0.25, -0.2) is 28.3 Å². The Morgan fingerprint density at radius 1 is 0.781 bits per heavy atom. The Bertz CT molecular complexity index is 2780. The number of H-pyrrole nitrogens is 2. The molecular formula is C29H39N10O22P3. The number of fused-ring (bicyclic) bond motifs is 1. The number of hydrogen-bond acceptors (Lipinski definition) is 23. The molecule has 0 bridgehead atoms. The lowest BCUT2D eigenvalue weighted by Crippen LogP contribution is -2.36. The standard InChI is InChI=1S/C29H39N10O22P3/c1-10-5-38(29(46)36-23(10)43)16-4-11(60-63(50,51)56-7-13-18(40)19(41)25(58-13)37-3-2-15(30)33-28(37)45)12(57-16)6-55-64(52,53)61-21-14(8-54-62(47,48)49)59-26(20(21)42)39-9-32-17-22(39)34-27(31)35-24(17)44/h2-3,5,9,11-14,16,18-21,25-26,40-42H,4,6-8H2,1H3,(H,50,51)(H,52,53)(H2,30,33,45)(H,36,43,46)(H2,47,48,49)(H3,31,34,35,44)/t11-,12+,13+,14+,16+,18+,19+,20+,21+,25+,26+/m0/s1. The molecule has 4 aromatic heterocycles. The number of aryl methyl sites for hydroxylation is 1. The number of nitrogens with zero attached hydrogens (tertiary/aromatic N) is 6. The van der Waals surface area contributed by atoms with E-state index in [0.717, 1.165) is 32.4 Å². The Labute approximate surface area is 354 Å². The SMILES string of the molecule is Cc1cn([C@H]2C[C@H](OP(=O)(O)OC[C@H]3O[C@@H](n4ccc(N)nc4=O)[C@H](O)[C@@H]3O)[C@@H](COP(=O)(O)O[C@H]3[C@@H](O)[C@H](n4cnc5c(=O)[nH]c(N)nc54)O[C@@H]3COP(=O)(O)O)O2)c(=O)[nH]c1=O. The van der Waals surface area contributed by atoms with Crippen LogP contribution in [0.1, 0.15) is 30.7 Å². The third kappa shape index (κ3) is 10.3. The van der Waals surface area contributed by atoms with Gasteiger partial charge >= 0.3 is 34.8 Å². The Balaban J connectivity index is 1.07. The summed E-state index contributed by atoms with van der Waals surface area (Å²) in [6.07, 6.45) is -16.1. The van der Waals surface area contributed by atoms with Gasteiger partial charge in [0.25, 0.3) is 11.1 Å². The van der Waals surface area contributed by atoms with Crippen molar-refractivity contribution >= 4 is 46.4 Å². The van der Waals surface area contributed by atoms with Gasteiger partial charge in [-0.05, 0) is 13.0 Å². The maximum atomic E-state index is 13.5.